The molecule has 0 unspecified atom stereocenters. The van der Waals surface area contributed by atoms with Gasteiger partial charge in [0.1, 0.15) is 11.5 Å². The Morgan fingerprint density at radius 3 is 2.24 bits per heavy atom. The van der Waals surface area contributed by atoms with Gasteiger partial charge in [0, 0.05) is 0 Å². The van der Waals surface area contributed by atoms with Crippen molar-refractivity contribution >= 4 is 26.7 Å². The summed E-state index contributed by atoms with van der Waals surface area (Å²) in [6.45, 7) is 0. The second kappa shape index (κ2) is 4.38. The number of halogens is 1. The number of ether oxygens (including phenoxy) is 2. The van der Waals surface area contributed by atoms with E-state index in [-0.39, 0.29) is 4.36 Å². The molecule has 0 spiro atoms. The van der Waals surface area contributed by atoms with Crippen molar-refractivity contribution in [1.29, 1.82) is 0 Å². The van der Waals surface area contributed by atoms with Crippen molar-refractivity contribution in [1.82, 2.24) is 0 Å². The Hall–Kier alpha value is -1.53. The number of benzene rings is 1. The molecule has 1 aliphatic rings. The highest BCUT2D eigenvalue weighted by molar-refractivity contribution is 8.10. The van der Waals surface area contributed by atoms with Crippen LogP contribution in [0, 0.1) is 0 Å². The van der Waals surface area contributed by atoms with Gasteiger partial charge in [-0.2, -0.15) is 0 Å². The first kappa shape index (κ1) is 11.9. The van der Waals surface area contributed by atoms with Crippen LogP contribution in [0.4, 0.5) is 0 Å². The van der Waals surface area contributed by atoms with E-state index < -0.39 is 15.1 Å². The van der Waals surface area contributed by atoms with Crippen LogP contribution in [0.2, 0.25) is 0 Å². The molecule has 7 heteroatoms. The number of rotatable bonds is 2. The van der Waals surface area contributed by atoms with Crippen LogP contribution in [-0.2, 0) is 9.84 Å². The third-order valence-corrected chi connectivity index (χ3v) is 4.00. The molecule has 90 valence electrons. The number of sulfone groups is 1. The Kier molecular flexibility index (Phi) is 3.08. The molecule has 0 N–H and O–H groups in total. The molecule has 0 bridgehead atoms. The lowest BCUT2D eigenvalue weighted by molar-refractivity contribution is 0.414. The van der Waals surface area contributed by atoms with Gasteiger partial charge in [0.15, 0.2) is 4.36 Å². The van der Waals surface area contributed by atoms with Gasteiger partial charge >= 0.3 is 5.23 Å². The van der Waals surface area contributed by atoms with Gasteiger partial charge in [0.05, 0.1) is 13.3 Å². The number of hydrogen-bond acceptors (Lipinski definition) is 5. The van der Waals surface area contributed by atoms with Crippen LogP contribution in [0.15, 0.2) is 39.8 Å². The first-order valence-corrected chi connectivity index (χ1v) is 6.40. The summed E-state index contributed by atoms with van der Waals surface area (Å²) in [5, 5.41) is -0.423. The molecule has 1 aromatic rings. The number of nitrogens with zero attached hydrogens (tertiary/aromatic N) is 1. The van der Waals surface area contributed by atoms with Crippen LogP contribution in [0.25, 0.3) is 0 Å². The second-order valence-electron chi connectivity index (χ2n) is 3.11. The largest absolute Gasteiger partial charge is 0.497 e. The monoisotopic (exact) mass is 273 g/mol. The van der Waals surface area contributed by atoms with Gasteiger partial charge in [-0.3, -0.25) is 0 Å². The number of methoxy groups -OCH3 is 1. The molecule has 0 saturated heterocycles. The van der Waals surface area contributed by atoms with Crippen LogP contribution in [0.3, 0.4) is 0 Å². The molecule has 0 aromatic heterocycles. The predicted octanol–water partition coefficient (Wildman–Crippen LogP) is 1.90. The highest BCUT2D eigenvalue weighted by atomic mass is 35.5. The fourth-order valence-electron chi connectivity index (χ4n) is 1.15. The third kappa shape index (κ3) is 2.27. The lowest BCUT2D eigenvalue weighted by Crippen LogP contribution is -2.17. The zero-order chi connectivity index (χ0) is 12.5. The summed E-state index contributed by atoms with van der Waals surface area (Å²) in [6.07, 6.45) is 1.04. The van der Waals surface area contributed by atoms with E-state index in [9.17, 15) is 8.42 Å². The molecule has 0 fully saturated rings. The number of aliphatic imine (C=N–C) groups is 1. The SMILES string of the molecule is COc1ccc(OC2=NC=C(Cl)S2(=O)=O)cc1. The molecule has 5 nitrogen and oxygen atoms in total. The normalized spacial score (nSPS) is 17.3. The van der Waals surface area contributed by atoms with Crippen LogP contribution >= 0.6 is 11.6 Å². The van der Waals surface area contributed by atoms with Gasteiger partial charge in [-0.1, -0.05) is 11.6 Å². The molecule has 1 aromatic carbocycles. The summed E-state index contributed by atoms with van der Waals surface area (Å²) in [5.41, 5.74) is 0. The van der Waals surface area contributed by atoms with E-state index in [1.807, 2.05) is 0 Å². The molecular formula is C10H8ClNO4S. The Morgan fingerprint density at radius 2 is 1.76 bits per heavy atom. The molecule has 0 atom stereocenters. The lowest BCUT2D eigenvalue weighted by Gasteiger charge is -2.05. The molecular weight excluding hydrogens is 266 g/mol. The maximum absolute atomic E-state index is 11.5. The molecule has 0 aliphatic carbocycles. The van der Waals surface area contributed by atoms with Gasteiger partial charge in [-0.15, -0.1) is 0 Å². The van der Waals surface area contributed by atoms with E-state index in [1.54, 1.807) is 24.3 Å². The van der Waals surface area contributed by atoms with Gasteiger partial charge in [-0.25, -0.2) is 13.4 Å². The summed E-state index contributed by atoms with van der Waals surface area (Å²) in [6, 6.07) is 6.44. The van der Waals surface area contributed by atoms with Crippen molar-refractivity contribution in [3.63, 3.8) is 0 Å². The topological polar surface area (TPSA) is 65.0 Å². The van der Waals surface area contributed by atoms with Crippen molar-refractivity contribution in [3.05, 3.63) is 34.8 Å². The smallest absolute Gasteiger partial charge is 0.321 e. The van der Waals surface area contributed by atoms with E-state index in [0.717, 1.165) is 6.20 Å². The minimum absolute atomic E-state index is 0.341. The van der Waals surface area contributed by atoms with Crippen LogP contribution in [0.1, 0.15) is 0 Å². The predicted molar refractivity (Wildman–Crippen MR) is 63.9 cm³/mol. The zero-order valence-electron chi connectivity index (χ0n) is 8.75. The maximum Gasteiger partial charge on any atom is 0.321 e. The quantitative estimate of drug-likeness (QED) is 0.825. The Morgan fingerprint density at radius 1 is 1.18 bits per heavy atom. The van der Waals surface area contributed by atoms with Crippen LogP contribution in [-0.4, -0.2) is 20.8 Å². The average Bonchev–Trinajstić information content (AvgIpc) is 2.57. The highest BCUT2D eigenvalue weighted by Crippen LogP contribution is 2.24. The Bertz CT molecular complexity index is 589. The van der Waals surface area contributed by atoms with Crippen molar-refractivity contribution < 1.29 is 17.9 Å². The fourth-order valence-corrected chi connectivity index (χ4v) is 2.15. The summed E-state index contributed by atoms with van der Waals surface area (Å²) in [7, 11) is -2.22. The third-order valence-electron chi connectivity index (χ3n) is 2.02. The summed E-state index contributed by atoms with van der Waals surface area (Å²) >= 11 is 5.47. The van der Waals surface area contributed by atoms with Crippen LogP contribution in [0.5, 0.6) is 11.5 Å². The van der Waals surface area contributed by atoms with E-state index in [4.69, 9.17) is 21.1 Å². The summed E-state index contributed by atoms with van der Waals surface area (Å²) in [4.78, 5) is 3.59. The summed E-state index contributed by atoms with van der Waals surface area (Å²) in [5.74, 6) is 0.984. The fraction of sp³-hybridized carbons (Fsp3) is 0.100. The van der Waals surface area contributed by atoms with Gasteiger partial charge in [0.2, 0.25) is 0 Å². The van der Waals surface area contributed by atoms with E-state index in [1.165, 1.54) is 7.11 Å². The Labute approximate surface area is 103 Å². The molecule has 0 radical (unpaired) electrons. The van der Waals surface area contributed by atoms with Crippen molar-refractivity contribution in [2.24, 2.45) is 4.99 Å². The van der Waals surface area contributed by atoms with Gasteiger partial charge in [0.25, 0.3) is 9.84 Å². The Balaban J connectivity index is 2.18. The molecule has 0 saturated carbocycles. The summed E-state index contributed by atoms with van der Waals surface area (Å²) < 4.78 is 32.8. The molecule has 0 amide bonds. The van der Waals surface area contributed by atoms with Crippen molar-refractivity contribution in [3.8, 4) is 11.5 Å². The average molecular weight is 274 g/mol. The molecule has 17 heavy (non-hydrogen) atoms. The van der Waals surface area contributed by atoms with Gasteiger partial charge < -0.3 is 9.47 Å². The second-order valence-corrected chi connectivity index (χ2v) is 5.54. The van der Waals surface area contributed by atoms with Crippen LogP contribution < -0.4 is 9.47 Å². The lowest BCUT2D eigenvalue weighted by atomic mass is 10.3. The number of hydrogen-bond donors (Lipinski definition) is 0. The van der Waals surface area contributed by atoms with E-state index >= 15 is 0 Å². The van der Waals surface area contributed by atoms with E-state index in [0.29, 0.717) is 11.5 Å². The van der Waals surface area contributed by atoms with E-state index in [2.05, 4.69) is 4.99 Å². The molecule has 1 aliphatic heterocycles. The standard InChI is InChI=1S/C10H8ClNO4S/c1-15-7-2-4-8(5-3-7)16-10-12-6-9(11)17(10,13)14/h2-6H,1H3. The molecule has 2 rings (SSSR count). The highest BCUT2D eigenvalue weighted by Gasteiger charge is 2.30. The maximum atomic E-state index is 11.5. The zero-order valence-corrected chi connectivity index (χ0v) is 10.3. The molecule has 1 heterocycles. The van der Waals surface area contributed by atoms with Gasteiger partial charge in [-0.05, 0) is 24.3 Å². The van der Waals surface area contributed by atoms with Crippen molar-refractivity contribution in [2.75, 3.05) is 7.11 Å². The minimum Gasteiger partial charge on any atom is -0.497 e. The first-order chi connectivity index (χ1) is 8.04. The first-order valence-electron chi connectivity index (χ1n) is 4.54. The van der Waals surface area contributed by atoms with Crippen molar-refractivity contribution in [2.45, 2.75) is 0 Å². The minimum atomic E-state index is -3.76.